The Morgan fingerprint density at radius 3 is 2.10 bits per heavy atom. The molecule has 0 aliphatic carbocycles. The van der Waals surface area contributed by atoms with E-state index in [0.717, 1.165) is 16.7 Å². The van der Waals surface area contributed by atoms with Crippen molar-refractivity contribution in [2.24, 2.45) is 0 Å². The molecule has 1 atom stereocenters. The maximum Gasteiger partial charge on any atom is 0.332 e. The van der Waals surface area contributed by atoms with E-state index in [0.29, 0.717) is 5.02 Å². The highest BCUT2D eigenvalue weighted by Gasteiger charge is 2.10. The van der Waals surface area contributed by atoms with Crippen molar-refractivity contribution in [3.8, 4) is 11.1 Å². The van der Waals surface area contributed by atoms with Crippen molar-refractivity contribution >= 4 is 17.6 Å². The Hall–Kier alpha value is -1.84. The van der Waals surface area contributed by atoms with Gasteiger partial charge in [0.1, 0.15) is 0 Å². The van der Waals surface area contributed by atoms with Crippen LogP contribution in [0, 0.1) is 0 Å². The summed E-state index contributed by atoms with van der Waals surface area (Å²) in [5.74, 6) is -0.956. The summed E-state index contributed by atoms with van der Waals surface area (Å²) >= 11 is 5.86. The Bertz CT molecular complexity index is 576. The van der Waals surface area contributed by atoms with Gasteiger partial charge in [-0.15, -0.1) is 0 Å². The van der Waals surface area contributed by atoms with E-state index >= 15 is 0 Å². The van der Waals surface area contributed by atoms with Crippen LogP contribution in [0.3, 0.4) is 0 Å². The quantitative estimate of drug-likeness (QED) is 0.905. The van der Waals surface area contributed by atoms with Gasteiger partial charge in [-0.05, 0) is 35.7 Å². The second-order valence-electron chi connectivity index (χ2n) is 4.50. The number of carbonyl (C=O) groups is 1. The molecule has 0 radical (unpaired) electrons. The molecule has 0 amide bonds. The lowest BCUT2D eigenvalue weighted by Gasteiger charge is -2.09. The fourth-order valence-electron chi connectivity index (χ4n) is 1.73. The number of carboxylic acid groups (broad SMARTS) is 1. The first-order valence-electron chi connectivity index (χ1n) is 6.25. The predicted octanol–water partition coefficient (Wildman–Crippen LogP) is 4.00. The molecule has 0 bridgehead atoms. The van der Waals surface area contributed by atoms with Crippen molar-refractivity contribution in [1.82, 2.24) is 0 Å². The van der Waals surface area contributed by atoms with Crippen molar-refractivity contribution in [2.75, 3.05) is 0 Å². The molecule has 3 nitrogen and oxygen atoms in total. The van der Waals surface area contributed by atoms with Gasteiger partial charge in [-0.2, -0.15) is 0 Å². The minimum atomic E-state index is -0.956. The molecular formula is C16H15ClO3. The second kappa shape index (κ2) is 6.55. The first-order chi connectivity index (χ1) is 9.56. The van der Waals surface area contributed by atoms with Gasteiger partial charge in [-0.1, -0.05) is 48.0 Å². The van der Waals surface area contributed by atoms with E-state index in [-0.39, 0.29) is 6.61 Å². The SMILES string of the molecule is CC(OCc1ccc(-c2ccc(Cl)cc2)cc1)C(=O)O. The van der Waals surface area contributed by atoms with Crippen LogP contribution in [0.5, 0.6) is 0 Å². The van der Waals surface area contributed by atoms with Gasteiger partial charge in [-0.3, -0.25) is 0 Å². The average Bonchev–Trinajstić information content (AvgIpc) is 2.46. The summed E-state index contributed by atoms with van der Waals surface area (Å²) in [6.45, 7) is 1.80. The van der Waals surface area contributed by atoms with Crippen molar-refractivity contribution in [2.45, 2.75) is 19.6 Å². The molecule has 0 fully saturated rings. The lowest BCUT2D eigenvalue weighted by molar-refractivity contribution is -0.149. The number of hydrogen-bond acceptors (Lipinski definition) is 2. The Labute approximate surface area is 122 Å². The first-order valence-corrected chi connectivity index (χ1v) is 6.63. The van der Waals surface area contributed by atoms with Crippen LogP contribution in [0.1, 0.15) is 12.5 Å². The van der Waals surface area contributed by atoms with Gasteiger partial charge in [0.15, 0.2) is 6.10 Å². The molecule has 0 aliphatic heterocycles. The molecule has 0 spiro atoms. The standard InChI is InChI=1S/C16H15ClO3/c1-11(16(18)19)20-10-12-2-4-13(5-3-12)14-6-8-15(17)9-7-14/h2-9,11H,10H2,1H3,(H,18,19). The molecule has 2 aromatic rings. The third-order valence-corrected chi connectivity index (χ3v) is 3.23. The van der Waals surface area contributed by atoms with Gasteiger partial charge >= 0.3 is 5.97 Å². The molecule has 20 heavy (non-hydrogen) atoms. The van der Waals surface area contributed by atoms with Crippen LogP contribution in [0.2, 0.25) is 5.02 Å². The van der Waals surface area contributed by atoms with Gasteiger partial charge in [0.25, 0.3) is 0 Å². The summed E-state index contributed by atoms with van der Waals surface area (Å²) in [6, 6.07) is 15.4. The fraction of sp³-hybridized carbons (Fsp3) is 0.188. The summed E-state index contributed by atoms with van der Waals surface area (Å²) in [4.78, 5) is 10.7. The molecule has 0 heterocycles. The molecule has 2 rings (SSSR count). The highest BCUT2D eigenvalue weighted by atomic mass is 35.5. The normalized spacial score (nSPS) is 12.1. The molecule has 2 aromatic carbocycles. The number of halogens is 1. The molecular weight excluding hydrogens is 276 g/mol. The zero-order chi connectivity index (χ0) is 14.5. The van der Waals surface area contributed by atoms with E-state index in [1.807, 2.05) is 48.5 Å². The minimum Gasteiger partial charge on any atom is -0.479 e. The van der Waals surface area contributed by atoms with Crippen molar-refractivity contribution in [1.29, 1.82) is 0 Å². The van der Waals surface area contributed by atoms with Gasteiger partial charge < -0.3 is 9.84 Å². The highest BCUT2D eigenvalue weighted by molar-refractivity contribution is 6.30. The molecule has 0 aliphatic rings. The van der Waals surface area contributed by atoms with Crippen LogP contribution in [0.15, 0.2) is 48.5 Å². The van der Waals surface area contributed by atoms with Crippen LogP contribution >= 0.6 is 11.6 Å². The number of carboxylic acids is 1. The van der Waals surface area contributed by atoms with Crippen molar-refractivity contribution in [3.05, 3.63) is 59.1 Å². The fourth-order valence-corrected chi connectivity index (χ4v) is 1.85. The molecule has 4 heteroatoms. The topological polar surface area (TPSA) is 46.5 Å². The molecule has 0 aromatic heterocycles. The van der Waals surface area contributed by atoms with E-state index in [9.17, 15) is 4.79 Å². The average molecular weight is 291 g/mol. The summed E-state index contributed by atoms with van der Waals surface area (Å²) in [5, 5.41) is 9.45. The Kier molecular flexibility index (Phi) is 4.77. The monoisotopic (exact) mass is 290 g/mol. The van der Waals surface area contributed by atoms with E-state index in [2.05, 4.69) is 0 Å². The van der Waals surface area contributed by atoms with E-state index in [1.165, 1.54) is 6.92 Å². The van der Waals surface area contributed by atoms with E-state index in [4.69, 9.17) is 21.4 Å². The van der Waals surface area contributed by atoms with Crippen LogP contribution in [-0.2, 0) is 16.1 Å². The zero-order valence-corrected chi connectivity index (χ0v) is 11.8. The van der Waals surface area contributed by atoms with Crippen molar-refractivity contribution < 1.29 is 14.6 Å². The maximum atomic E-state index is 10.7. The number of hydrogen-bond donors (Lipinski definition) is 1. The van der Waals surface area contributed by atoms with Crippen molar-refractivity contribution in [3.63, 3.8) is 0 Å². The lowest BCUT2D eigenvalue weighted by Crippen LogP contribution is -2.19. The van der Waals surface area contributed by atoms with Crippen LogP contribution < -0.4 is 0 Å². The zero-order valence-electron chi connectivity index (χ0n) is 11.0. The number of aliphatic carboxylic acids is 1. The molecule has 104 valence electrons. The van der Waals surface area contributed by atoms with Crippen LogP contribution in [-0.4, -0.2) is 17.2 Å². The predicted molar refractivity (Wildman–Crippen MR) is 78.8 cm³/mol. The van der Waals surface area contributed by atoms with Gasteiger partial charge in [0.05, 0.1) is 6.61 Å². The Morgan fingerprint density at radius 2 is 1.60 bits per heavy atom. The van der Waals surface area contributed by atoms with Gasteiger partial charge in [-0.25, -0.2) is 4.79 Å². The molecule has 0 saturated heterocycles. The van der Waals surface area contributed by atoms with E-state index in [1.54, 1.807) is 0 Å². The number of benzene rings is 2. The third-order valence-electron chi connectivity index (χ3n) is 2.98. The third kappa shape index (κ3) is 3.83. The summed E-state index contributed by atoms with van der Waals surface area (Å²) < 4.78 is 5.23. The van der Waals surface area contributed by atoms with Crippen LogP contribution in [0.25, 0.3) is 11.1 Å². The minimum absolute atomic E-state index is 0.286. The summed E-state index contributed by atoms with van der Waals surface area (Å²) in [7, 11) is 0. The maximum absolute atomic E-state index is 10.7. The summed E-state index contributed by atoms with van der Waals surface area (Å²) in [5.41, 5.74) is 3.10. The molecule has 0 saturated carbocycles. The first kappa shape index (κ1) is 14.6. The smallest absolute Gasteiger partial charge is 0.332 e. The molecule has 1 unspecified atom stereocenters. The Morgan fingerprint density at radius 1 is 1.10 bits per heavy atom. The van der Waals surface area contributed by atoms with Gasteiger partial charge in [0.2, 0.25) is 0 Å². The molecule has 1 N–H and O–H groups in total. The number of ether oxygens (including phenoxy) is 1. The van der Waals surface area contributed by atoms with E-state index < -0.39 is 12.1 Å². The lowest BCUT2D eigenvalue weighted by atomic mass is 10.0. The highest BCUT2D eigenvalue weighted by Crippen LogP contribution is 2.22. The second-order valence-corrected chi connectivity index (χ2v) is 4.93. The number of rotatable bonds is 5. The van der Waals surface area contributed by atoms with Gasteiger partial charge in [0, 0.05) is 5.02 Å². The largest absolute Gasteiger partial charge is 0.479 e. The summed E-state index contributed by atoms with van der Waals surface area (Å²) in [6.07, 6.45) is -0.800. The van der Waals surface area contributed by atoms with Crippen LogP contribution in [0.4, 0.5) is 0 Å². The Balaban J connectivity index is 2.03.